The average molecular weight is 195 g/mol. The van der Waals surface area contributed by atoms with Crippen LogP contribution in [0.15, 0.2) is 0 Å². The second-order valence-electron chi connectivity index (χ2n) is 4.02. The van der Waals surface area contributed by atoms with Gasteiger partial charge >= 0.3 is 0 Å². The number of aromatic nitrogens is 2. The number of aryl methyl sites for hydroxylation is 2. The Kier molecular flexibility index (Phi) is 3.69. The minimum absolute atomic E-state index is 0.0283. The lowest BCUT2D eigenvalue weighted by Crippen LogP contribution is -2.18. The molecule has 0 aliphatic carbocycles. The fraction of sp³-hybridized carbons (Fsp3) is 0.727. The molecule has 3 nitrogen and oxygen atoms in total. The van der Waals surface area contributed by atoms with Crippen LogP contribution in [0.5, 0.6) is 0 Å². The maximum atomic E-state index is 6.04. The van der Waals surface area contributed by atoms with E-state index in [1.807, 2.05) is 0 Å². The summed E-state index contributed by atoms with van der Waals surface area (Å²) in [4.78, 5) is 7.87. The number of hydrogen-bond donors (Lipinski definition) is 2. The van der Waals surface area contributed by atoms with Crippen LogP contribution < -0.4 is 5.73 Å². The molecule has 1 rings (SSSR count). The molecule has 0 amide bonds. The zero-order valence-electron chi connectivity index (χ0n) is 9.59. The Labute approximate surface area is 86.1 Å². The number of aromatic amines is 1. The molecule has 0 fully saturated rings. The Balaban J connectivity index is 2.94. The van der Waals surface area contributed by atoms with Crippen molar-refractivity contribution in [3.8, 4) is 0 Å². The van der Waals surface area contributed by atoms with Crippen molar-refractivity contribution in [1.82, 2.24) is 9.97 Å². The van der Waals surface area contributed by atoms with Crippen molar-refractivity contribution < 1.29 is 0 Å². The summed E-state index contributed by atoms with van der Waals surface area (Å²) in [7, 11) is 0. The van der Waals surface area contributed by atoms with Crippen molar-refractivity contribution in [2.75, 3.05) is 0 Å². The van der Waals surface area contributed by atoms with Crippen LogP contribution in [0, 0.1) is 5.92 Å². The molecule has 1 heterocycles. The van der Waals surface area contributed by atoms with E-state index in [1.165, 1.54) is 11.4 Å². The molecule has 0 aliphatic rings. The molecule has 80 valence electrons. The molecule has 1 unspecified atom stereocenters. The monoisotopic (exact) mass is 195 g/mol. The fourth-order valence-electron chi connectivity index (χ4n) is 1.53. The molecule has 1 aromatic rings. The predicted octanol–water partition coefficient (Wildman–Crippen LogP) is 2.19. The molecule has 0 saturated heterocycles. The Morgan fingerprint density at radius 3 is 2.29 bits per heavy atom. The van der Waals surface area contributed by atoms with Gasteiger partial charge in [-0.2, -0.15) is 0 Å². The number of nitrogens with zero attached hydrogens (tertiary/aromatic N) is 1. The van der Waals surface area contributed by atoms with Gasteiger partial charge < -0.3 is 10.7 Å². The summed E-state index contributed by atoms with van der Waals surface area (Å²) >= 11 is 0. The molecular formula is C11H21N3. The van der Waals surface area contributed by atoms with Crippen LogP contribution in [0.4, 0.5) is 0 Å². The lowest BCUT2D eigenvalue weighted by atomic mass is 10.1. The maximum absolute atomic E-state index is 6.04. The van der Waals surface area contributed by atoms with Crippen LogP contribution in [-0.2, 0) is 12.8 Å². The Bertz CT molecular complexity index is 267. The molecule has 0 spiro atoms. The zero-order chi connectivity index (χ0) is 10.7. The Morgan fingerprint density at radius 2 is 1.93 bits per heavy atom. The number of imidazole rings is 1. The third kappa shape index (κ3) is 2.15. The third-order valence-electron chi connectivity index (χ3n) is 2.61. The molecule has 0 aromatic carbocycles. The number of rotatable bonds is 4. The van der Waals surface area contributed by atoms with Crippen LogP contribution >= 0.6 is 0 Å². The summed E-state index contributed by atoms with van der Waals surface area (Å²) in [6.45, 7) is 8.49. The maximum Gasteiger partial charge on any atom is 0.123 e. The molecule has 0 radical (unpaired) electrons. The van der Waals surface area contributed by atoms with Gasteiger partial charge in [0.05, 0.1) is 11.7 Å². The Hall–Kier alpha value is -0.830. The van der Waals surface area contributed by atoms with Crippen molar-refractivity contribution in [2.24, 2.45) is 11.7 Å². The topological polar surface area (TPSA) is 54.7 Å². The highest BCUT2D eigenvalue weighted by Crippen LogP contribution is 2.18. The van der Waals surface area contributed by atoms with Gasteiger partial charge in [-0.25, -0.2) is 4.98 Å². The van der Waals surface area contributed by atoms with Crippen LogP contribution in [0.25, 0.3) is 0 Å². The SMILES string of the molecule is CCc1nc(C(N)C(C)C)[nH]c1CC. The molecule has 0 bridgehead atoms. The van der Waals surface area contributed by atoms with E-state index in [0.29, 0.717) is 5.92 Å². The van der Waals surface area contributed by atoms with Crippen LogP contribution in [0.1, 0.15) is 50.9 Å². The lowest BCUT2D eigenvalue weighted by molar-refractivity contribution is 0.493. The van der Waals surface area contributed by atoms with Gasteiger partial charge in [0.15, 0.2) is 0 Å². The smallest absolute Gasteiger partial charge is 0.123 e. The van der Waals surface area contributed by atoms with Crippen LogP contribution in [-0.4, -0.2) is 9.97 Å². The summed E-state index contributed by atoms with van der Waals surface area (Å²) in [5.41, 5.74) is 8.44. The average Bonchev–Trinajstić information content (AvgIpc) is 2.59. The highest BCUT2D eigenvalue weighted by molar-refractivity contribution is 5.16. The van der Waals surface area contributed by atoms with Crippen molar-refractivity contribution in [2.45, 2.75) is 46.6 Å². The van der Waals surface area contributed by atoms with Gasteiger partial charge in [-0.1, -0.05) is 27.7 Å². The second kappa shape index (κ2) is 4.60. The normalized spacial score (nSPS) is 13.6. The highest BCUT2D eigenvalue weighted by Gasteiger charge is 2.16. The standard InChI is InChI=1S/C11H21N3/c1-5-8-9(6-2)14-11(13-8)10(12)7(3)4/h7,10H,5-6,12H2,1-4H3,(H,13,14). The van der Waals surface area contributed by atoms with Gasteiger partial charge in [0, 0.05) is 5.69 Å². The van der Waals surface area contributed by atoms with Gasteiger partial charge in [-0.05, 0) is 18.8 Å². The molecule has 1 aromatic heterocycles. The number of nitrogens with two attached hydrogens (primary N) is 1. The van der Waals surface area contributed by atoms with Gasteiger partial charge in [0.2, 0.25) is 0 Å². The zero-order valence-corrected chi connectivity index (χ0v) is 9.59. The summed E-state index contributed by atoms with van der Waals surface area (Å²) in [6.07, 6.45) is 1.98. The lowest BCUT2D eigenvalue weighted by Gasteiger charge is -2.11. The molecule has 3 N–H and O–H groups in total. The number of H-pyrrole nitrogens is 1. The van der Waals surface area contributed by atoms with E-state index in [2.05, 4.69) is 37.7 Å². The van der Waals surface area contributed by atoms with E-state index in [0.717, 1.165) is 18.7 Å². The van der Waals surface area contributed by atoms with Gasteiger partial charge in [-0.15, -0.1) is 0 Å². The van der Waals surface area contributed by atoms with Gasteiger partial charge in [0.1, 0.15) is 5.82 Å². The van der Waals surface area contributed by atoms with E-state index in [-0.39, 0.29) is 6.04 Å². The summed E-state index contributed by atoms with van der Waals surface area (Å²) < 4.78 is 0. The van der Waals surface area contributed by atoms with Crippen molar-refractivity contribution >= 4 is 0 Å². The van der Waals surface area contributed by atoms with Crippen molar-refractivity contribution in [3.05, 3.63) is 17.2 Å². The largest absolute Gasteiger partial charge is 0.344 e. The van der Waals surface area contributed by atoms with Gasteiger partial charge in [-0.3, -0.25) is 0 Å². The molecule has 0 saturated carbocycles. The molecular weight excluding hydrogens is 174 g/mol. The van der Waals surface area contributed by atoms with E-state index in [9.17, 15) is 0 Å². The quantitative estimate of drug-likeness (QED) is 0.773. The van der Waals surface area contributed by atoms with Gasteiger partial charge in [0.25, 0.3) is 0 Å². The second-order valence-corrected chi connectivity index (χ2v) is 4.02. The molecule has 0 aliphatic heterocycles. The first-order chi connectivity index (χ1) is 6.60. The summed E-state index contributed by atoms with van der Waals surface area (Å²) in [5, 5.41) is 0. The first-order valence-corrected chi connectivity index (χ1v) is 5.43. The molecule has 14 heavy (non-hydrogen) atoms. The minimum Gasteiger partial charge on any atom is -0.344 e. The fourth-order valence-corrected chi connectivity index (χ4v) is 1.53. The highest BCUT2D eigenvalue weighted by atomic mass is 15.0. The first kappa shape index (κ1) is 11.2. The van der Waals surface area contributed by atoms with Crippen molar-refractivity contribution in [1.29, 1.82) is 0 Å². The number of nitrogens with one attached hydrogen (secondary N) is 1. The third-order valence-corrected chi connectivity index (χ3v) is 2.61. The van der Waals surface area contributed by atoms with E-state index in [1.54, 1.807) is 0 Å². The van der Waals surface area contributed by atoms with E-state index < -0.39 is 0 Å². The Morgan fingerprint density at radius 1 is 1.29 bits per heavy atom. The minimum atomic E-state index is 0.0283. The summed E-state index contributed by atoms with van der Waals surface area (Å²) in [6, 6.07) is 0.0283. The first-order valence-electron chi connectivity index (χ1n) is 5.43. The van der Waals surface area contributed by atoms with E-state index in [4.69, 9.17) is 5.73 Å². The number of hydrogen-bond acceptors (Lipinski definition) is 2. The van der Waals surface area contributed by atoms with Crippen LogP contribution in [0.3, 0.4) is 0 Å². The molecule has 3 heteroatoms. The van der Waals surface area contributed by atoms with E-state index >= 15 is 0 Å². The molecule has 1 atom stereocenters. The van der Waals surface area contributed by atoms with Crippen molar-refractivity contribution in [3.63, 3.8) is 0 Å². The summed E-state index contributed by atoms with van der Waals surface area (Å²) in [5.74, 6) is 1.37. The predicted molar refractivity (Wildman–Crippen MR) is 59.1 cm³/mol. The van der Waals surface area contributed by atoms with Crippen LogP contribution in [0.2, 0.25) is 0 Å².